The fraction of sp³-hybridized carbons (Fsp3) is 0.458. The quantitative estimate of drug-likeness (QED) is 0.584. The number of nitrogens with zero attached hydrogens (tertiary/aromatic N) is 1. The van der Waals surface area contributed by atoms with Crippen LogP contribution >= 0.6 is 11.8 Å². The van der Waals surface area contributed by atoms with Gasteiger partial charge >= 0.3 is 0 Å². The molecule has 1 aliphatic heterocycles. The lowest BCUT2D eigenvalue weighted by molar-refractivity contribution is -0.128. The Bertz CT molecular complexity index is 928. The van der Waals surface area contributed by atoms with Gasteiger partial charge in [0, 0.05) is 5.56 Å². The third kappa shape index (κ3) is 4.56. The average Bonchev–Trinajstić information content (AvgIpc) is 3.43. The van der Waals surface area contributed by atoms with Crippen molar-refractivity contribution in [2.24, 2.45) is 0 Å². The fourth-order valence-corrected chi connectivity index (χ4v) is 5.47. The van der Waals surface area contributed by atoms with Crippen molar-refractivity contribution in [3.05, 3.63) is 47.5 Å². The van der Waals surface area contributed by atoms with Gasteiger partial charge in [0.2, 0.25) is 5.91 Å². The molecule has 0 bridgehead atoms. The molecule has 31 heavy (non-hydrogen) atoms. The zero-order chi connectivity index (χ0) is 21.8. The largest absolute Gasteiger partial charge is 0.493 e. The number of rotatable bonds is 8. The van der Waals surface area contributed by atoms with Crippen molar-refractivity contribution in [1.29, 1.82) is 0 Å². The van der Waals surface area contributed by atoms with E-state index >= 15 is 0 Å². The molecule has 1 heterocycles. The van der Waals surface area contributed by atoms with E-state index in [0.717, 1.165) is 35.5 Å². The summed E-state index contributed by atoms with van der Waals surface area (Å²) < 4.78 is 22.8. The van der Waals surface area contributed by atoms with Crippen molar-refractivity contribution >= 4 is 17.7 Å². The van der Waals surface area contributed by atoms with E-state index < -0.39 is 0 Å². The fourth-order valence-electron chi connectivity index (χ4n) is 4.29. The van der Waals surface area contributed by atoms with E-state index in [1.165, 1.54) is 12.8 Å². The molecule has 1 saturated heterocycles. The molecule has 0 radical (unpaired) electrons. The highest BCUT2D eigenvalue weighted by atomic mass is 32.2. The number of hydrogen-bond acceptors (Lipinski definition) is 6. The summed E-state index contributed by atoms with van der Waals surface area (Å²) in [5, 5.41) is -0.0970. The number of methoxy groups -OCH3 is 3. The van der Waals surface area contributed by atoms with Gasteiger partial charge in [-0.25, -0.2) is 0 Å². The van der Waals surface area contributed by atoms with Crippen LogP contribution in [-0.2, 0) is 11.3 Å². The van der Waals surface area contributed by atoms with Gasteiger partial charge in [-0.1, -0.05) is 18.2 Å². The van der Waals surface area contributed by atoms with Gasteiger partial charge in [-0.05, 0) is 49.4 Å². The molecular weight excluding hydrogens is 414 g/mol. The molecular formula is C24H29NO5S. The molecule has 2 aliphatic rings. The third-order valence-electron chi connectivity index (χ3n) is 5.86. The Morgan fingerprint density at radius 1 is 0.968 bits per heavy atom. The lowest BCUT2D eigenvalue weighted by Crippen LogP contribution is -2.28. The predicted octanol–water partition coefficient (Wildman–Crippen LogP) is 4.81. The Hall–Kier alpha value is -2.54. The number of benzene rings is 2. The van der Waals surface area contributed by atoms with Crippen molar-refractivity contribution in [1.82, 2.24) is 4.90 Å². The number of amides is 1. The number of hydrogen-bond donors (Lipinski definition) is 0. The molecule has 0 N–H and O–H groups in total. The maximum absolute atomic E-state index is 12.8. The number of thioether (sulfide) groups is 1. The van der Waals surface area contributed by atoms with Crippen LogP contribution in [0.4, 0.5) is 0 Å². The summed E-state index contributed by atoms with van der Waals surface area (Å²) in [5.41, 5.74) is 1.95. The van der Waals surface area contributed by atoms with Gasteiger partial charge in [-0.2, -0.15) is 0 Å². The number of para-hydroxylation sites is 1. The normalized spacial score (nSPS) is 19.0. The summed E-state index contributed by atoms with van der Waals surface area (Å²) in [5.74, 6) is 3.36. The highest BCUT2D eigenvalue weighted by Crippen LogP contribution is 2.44. The Labute approximate surface area is 187 Å². The molecule has 0 spiro atoms. The van der Waals surface area contributed by atoms with E-state index in [2.05, 4.69) is 0 Å². The van der Waals surface area contributed by atoms with E-state index in [4.69, 9.17) is 18.9 Å². The van der Waals surface area contributed by atoms with Gasteiger partial charge in [0.05, 0.1) is 39.7 Å². The van der Waals surface area contributed by atoms with Crippen LogP contribution < -0.4 is 18.9 Å². The number of carbonyl (C=O) groups is 1. The minimum atomic E-state index is -0.0970. The summed E-state index contributed by atoms with van der Waals surface area (Å²) in [6, 6.07) is 11.7. The second kappa shape index (κ2) is 9.73. The molecule has 0 aromatic heterocycles. The smallest absolute Gasteiger partial charge is 0.234 e. The third-order valence-corrected chi connectivity index (χ3v) is 7.12. The maximum Gasteiger partial charge on any atom is 0.234 e. The van der Waals surface area contributed by atoms with E-state index in [-0.39, 0.29) is 17.4 Å². The monoisotopic (exact) mass is 443 g/mol. The summed E-state index contributed by atoms with van der Waals surface area (Å²) in [6.07, 6.45) is 4.79. The van der Waals surface area contributed by atoms with Crippen molar-refractivity contribution < 1.29 is 23.7 Å². The Morgan fingerprint density at radius 2 is 1.74 bits per heavy atom. The molecule has 1 unspecified atom stereocenters. The van der Waals surface area contributed by atoms with E-state index in [9.17, 15) is 4.79 Å². The lowest BCUT2D eigenvalue weighted by Gasteiger charge is -2.26. The van der Waals surface area contributed by atoms with Crippen LogP contribution in [0, 0.1) is 0 Å². The first-order valence-corrected chi connectivity index (χ1v) is 11.6. The molecule has 1 saturated carbocycles. The van der Waals surface area contributed by atoms with Crippen LogP contribution in [0.3, 0.4) is 0 Å². The highest BCUT2D eigenvalue weighted by Gasteiger charge is 2.34. The molecule has 1 atom stereocenters. The summed E-state index contributed by atoms with van der Waals surface area (Å²) in [7, 11) is 4.89. The van der Waals surface area contributed by atoms with Crippen LogP contribution in [0.15, 0.2) is 36.4 Å². The molecule has 2 fully saturated rings. The molecule has 166 valence electrons. The summed E-state index contributed by atoms with van der Waals surface area (Å²) in [4.78, 5) is 14.7. The van der Waals surface area contributed by atoms with Crippen LogP contribution in [0.2, 0.25) is 0 Å². The summed E-state index contributed by atoms with van der Waals surface area (Å²) >= 11 is 1.63. The first-order valence-electron chi connectivity index (χ1n) is 10.6. The maximum atomic E-state index is 12.8. The predicted molar refractivity (Wildman–Crippen MR) is 121 cm³/mol. The average molecular weight is 444 g/mol. The van der Waals surface area contributed by atoms with Crippen molar-refractivity contribution in [2.75, 3.05) is 27.1 Å². The van der Waals surface area contributed by atoms with Crippen molar-refractivity contribution in [3.63, 3.8) is 0 Å². The van der Waals surface area contributed by atoms with Crippen LogP contribution in [0.1, 0.15) is 42.2 Å². The van der Waals surface area contributed by atoms with E-state index in [1.807, 2.05) is 41.3 Å². The molecule has 7 heteroatoms. The Morgan fingerprint density at radius 3 is 2.45 bits per heavy atom. The van der Waals surface area contributed by atoms with Gasteiger partial charge in [0.15, 0.2) is 23.0 Å². The second-order valence-corrected chi connectivity index (χ2v) is 8.84. The number of carbonyl (C=O) groups excluding carboxylic acids is 1. The molecule has 6 nitrogen and oxygen atoms in total. The molecule has 1 amide bonds. The SMILES string of the molecule is COc1ccc(C2SCC(=O)N2Cc2cccc(OC)c2OC)cc1OC1CCCC1. The van der Waals surface area contributed by atoms with E-state index in [0.29, 0.717) is 23.8 Å². The first kappa shape index (κ1) is 21.7. The first-order chi connectivity index (χ1) is 15.1. The zero-order valence-electron chi connectivity index (χ0n) is 18.3. The summed E-state index contributed by atoms with van der Waals surface area (Å²) in [6.45, 7) is 0.446. The highest BCUT2D eigenvalue weighted by molar-refractivity contribution is 8.00. The lowest BCUT2D eigenvalue weighted by atomic mass is 10.1. The van der Waals surface area contributed by atoms with Gasteiger partial charge < -0.3 is 23.8 Å². The minimum absolute atomic E-state index is 0.0970. The van der Waals surface area contributed by atoms with Gasteiger partial charge in [-0.3, -0.25) is 4.79 Å². The standard InChI is InChI=1S/C24H29NO5S/c1-27-19-12-11-16(13-21(19)30-18-8-4-5-9-18)24-25(22(26)15-31-24)14-17-7-6-10-20(28-2)23(17)29-3/h6-7,10-13,18,24H,4-5,8-9,14-15H2,1-3H3. The van der Waals surface area contributed by atoms with Gasteiger partial charge in [-0.15, -0.1) is 11.8 Å². The van der Waals surface area contributed by atoms with Crippen molar-refractivity contribution in [3.8, 4) is 23.0 Å². The molecule has 1 aliphatic carbocycles. The van der Waals surface area contributed by atoms with Crippen molar-refractivity contribution in [2.45, 2.75) is 43.7 Å². The second-order valence-electron chi connectivity index (χ2n) is 7.77. The minimum Gasteiger partial charge on any atom is -0.493 e. The van der Waals surface area contributed by atoms with Crippen LogP contribution in [0.5, 0.6) is 23.0 Å². The van der Waals surface area contributed by atoms with Gasteiger partial charge in [0.1, 0.15) is 5.37 Å². The number of ether oxygens (including phenoxy) is 4. The topological polar surface area (TPSA) is 57.2 Å². The Kier molecular flexibility index (Phi) is 6.80. The van der Waals surface area contributed by atoms with Gasteiger partial charge in [0.25, 0.3) is 0 Å². The molecule has 2 aromatic carbocycles. The van der Waals surface area contributed by atoms with E-state index in [1.54, 1.807) is 33.1 Å². The zero-order valence-corrected chi connectivity index (χ0v) is 19.1. The molecule has 4 rings (SSSR count). The Balaban J connectivity index is 1.61. The van der Waals surface area contributed by atoms with Crippen LogP contribution in [-0.4, -0.2) is 44.0 Å². The molecule has 2 aromatic rings. The van der Waals surface area contributed by atoms with Crippen LogP contribution in [0.25, 0.3) is 0 Å².